The first kappa shape index (κ1) is 16.2. The van der Waals surface area contributed by atoms with Crippen LogP contribution in [-0.4, -0.2) is 62.4 Å². The second kappa shape index (κ2) is 7.73. The van der Waals surface area contributed by atoms with Crippen molar-refractivity contribution in [2.24, 2.45) is 0 Å². The molecule has 118 valence electrons. The van der Waals surface area contributed by atoms with E-state index in [1.165, 1.54) is 5.56 Å². The fraction of sp³-hybridized carbons (Fsp3) is 0.688. The lowest BCUT2D eigenvalue weighted by Gasteiger charge is -2.38. The van der Waals surface area contributed by atoms with Crippen LogP contribution >= 0.6 is 0 Å². The zero-order valence-corrected chi connectivity index (χ0v) is 13.7. The molecule has 2 atom stereocenters. The van der Waals surface area contributed by atoms with Crippen molar-refractivity contribution < 1.29 is 4.74 Å². The highest BCUT2D eigenvalue weighted by atomic mass is 16.5. The van der Waals surface area contributed by atoms with E-state index in [1.807, 2.05) is 13.2 Å². The summed E-state index contributed by atoms with van der Waals surface area (Å²) in [5.74, 6) is 0.998. The summed E-state index contributed by atoms with van der Waals surface area (Å²) in [6.45, 7) is 9.26. The Bertz CT molecular complexity index is 423. The van der Waals surface area contributed by atoms with E-state index in [4.69, 9.17) is 4.74 Å². The summed E-state index contributed by atoms with van der Waals surface area (Å²) in [6.07, 6.45) is 2.00. The van der Waals surface area contributed by atoms with Gasteiger partial charge in [-0.15, -0.1) is 0 Å². The van der Waals surface area contributed by atoms with Crippen LogP contribution in [0.2, 0.25) is 0 Å². The monoisotopic (exact) mass is 292 g/mol. The van der Waals surface area contributed by atoms with Crippen LogP contribution in [0.25, 0.3) is 0 Å². The predicted molar refractivity (Wildman–Crippen MR) is 86.7 cm³/mol. The third-order valence-electron chi connectivity index (χ3n) is 4.38. The van der Waals surface area contributed by atoms with E-state index >= 15 is 0 Å². The Morgan fingerprint density at radius 2 is 2.24 bits per heavy atom. The molecule has 2 rings (SSSR count). The molecule has 2 heterocycles. The van der Waals surface area contributed by atoms with Crippen molar-refractivity contribution in [1.82, 2.24) is 15.2 Å². The molecular weight excluding hydrogens is 264 g/mol. The molecule has 0 amide bonds. The number of aromatic nitrogens is 1. The molecule has 5 heteroatoms. The number of nitrogens with one attached hydrogen (secondary N) is 1. The molecule has 0 bridgehead atoms. The van der Waals surface area contributed by atoms with Crippen molar-refractivity contribution in [3.05, 3.63) is 23.9 Å². The molecule has 0 spiro atoms. The average Bonchev–Trinajstić information content (AvgIpc) is 2.50. The van der Waals surface area contributed by atoms with Crippen LogP contribution in [0.1, 0.15) is 19.4 Å². The zero-order chi connectivity index (χ0) is 15.2. The van der Waals surface area contributed by atoms with Crippen molar-refractivity contribution in [3.8, 4) is 0 Å². The summed E-state index contributed by atoms with van der Waals surface area (Å²) >= 11 is 0. The van der Waals surface area contributed by atoms with Gasteiger partial charge >= 0.3 is 0 Å². The number of hydrogen-bond donors (Lipinski definition) is 1. The minimum Gasteiger partial charge on any atom is -0.383 e. The number of likely N-dealkylation sites (N-methyl/N-ethyl adjacent to an activating group) is 1. The van der Waals surface area contributed by atoms with Crippen molar-refractivity contribution in [2.75, 3.05) is 45.3 Å². The van der Waals surface area contributed by atoms with Gasteiger partial charge in [0.25, 0.3) is 0 Å². The molecule has 1 N–H and O–H groups in total. The summed E-state index contributed by atoms with van der Waals surface area (Å²) in [5, 5.41) is 3.52. The van der Waals surface area contributed by atoms with Gasteiger partial charge in [-0.1, -0.05) is 6.07 Å². The number of rotatable bonds is 6. The Labute approximate surface area is 128 Å². The van der Waals surface area contributed by atoms with E-state index in [9.17, 15) is 0 Å². The van der Waals surface area contributed by atoms with Crippen LogP contribution in [0.15, 0.2) is 18.3 Å². The number of nitrogens with zero attached hydrogens (tertiary/aromatic N) is 3. The quantitative estimate of drug-likeness (QED) is 0.857. The van der Waals surface area contributed by atoms with E-state index in [1.54, 1.807) is 7.11 Å². The molecule has 5 nitrogen and oxygen atoms in total. The number of pyridine rings is 1. The second-order valence-electron chi connectivity index (χ2n) is 5.89. The van der Waals surface area contributed by atoms with Gasteiger partial charge in [0.1, 0.15) is 5.82 Å². The van der Waals surface area contributed by atoms with E-state index in [0.29, 0.717) is 12.1 Å². The van der Waals surface area contributed by atoms with Crippen LogP contribution in [0, 0.1) is 0 Å². The van der Waals surface area contributed by atoms with Crippen LogP contribution in [-0.2, 0) is 11.3 Å². The third kappa shape index (κ3) is 4.40. The number of piperazine rings is 1. The summed E-state index contributed by atoms with van der Waals surface area (Å²) in [4.78, 5) is 9.20. The van der Waals surface area contributed by atoms with Crippen LogP contribution in [0.3, 0.4) is 0 Å². The van der Waals surface area contributed by atoms with Gasteiger partial charge in [0.15, 0.2) is 0 Å². The molecule has 21 heavy (non-hydrogen) atoms. The first-order valence-electron chi connectivity index (χ1n) is 7.74. The van der Waals surface area contributed by atoms with Crippen molar-refractivity contribution in [1.29, 1.82) is 0 Å². The second-order valence-corrected chi connectivity index (χ2v) is 5.89. The van der Waals surface area contributed by atoms with Crippen LogP contribution in [0.4, 0.5) is 5.82 Å². The molecule has 1 aromatic rings. The standard InChI is InChI=1S/C16H28N4O/c1-13-14(2)20(8-7-17-13)12-15-5-6-16(18-11-15)19(3)9-10-21-4/h5-6,11,13-14,17H,7-10,12H2,1-4H3. The maximum absolute atomic E-state index is 5.10. The molecular formula is C16H28N4O. The zero-order valence-electron chi connectivity index (χ0n) is 13.7. The first-order valence-corrected chi connectivity index (χ1v) is 7.74. The van der Waals surface area contributed by atoms with Gasteiger partial charge in [0, 0.05) is 58.6 Å². The summed E-state index contributed by atoms with van der Waals surface area (Å²) < 4.78 is 5.10. The smallest absolute Gasteiger partial charge is 0.128 e. The van der Waals surface area contributed by atoms with Gasteiger partial charge in [-0.2, -0.15) is 0 Å². The number of methoxy groups -OCH3 is 1. The van der Waals surface area contributed by atoms with Gasteiger partial charge < -0.3 is 15.0 Å². The molecule has 0 aromatic carbocycles. The Morgan fingerprint density at radius 1 is 1.43 bits per heavy atom. The predicted octanol–water partition coefficient (Wildman–Crippen LogP) is 1.35. The number of ether oxygens (including phenoxy) is 1. The normalized spacial score (nSPS) is 23.2. The van der Waals surface area contributed by atoms with Gasteiger partial charge in [-0.25, -0.2) is 4.98 Å². The SMILES string of the molecule is COCCN(C)c1ccc(CN2CCNC(C)C2C)cn1. The topological polar surface area (TPSA) is 40.6 Å². The minimum absolute atomic E-state index is 0.547. The Hall–Kier alpha value is -1.17. The lowest BCUT2D eigenvalue weighted by Crippen LogP contribution is -2.54. The van der Waals surface area contributed by atoms with Gasteiger partial charge in [-0.3, -0.25) is 4.90 Å². The number of anilines is 1. The molecule has 1 saturated heterocycles. The maximum Gasteiger partial charge on any atom is 0.128 e. The lowest BCUT2D eigenvalue weighted by molar-refractivity contribution is 0.130. The minimum atomic E-state index is 0.547. The first-order chi connectivity index (χ1) is 10.1. The van der Waals surface area contributed by atoms with Gasteiger partial charge in [-0.05, 0) is 25.5 Å². The highest BCUT2D eigenvalue weighted by molar-refractivity contribution is 5.38. The van der Waals surface area contributed by atoms with Crippen molar-refractivity contribution in [3.63, 3.8) is 0 Å². The largest absolute Gasteiger partial charge is 0.383 e. The molecule has 1 aliphatic heterocycles. The highest BCUT2D eigenvalue weighted by Gasteiger charge is 2.23. The van der Waals surface area contributed by atoms with E-state index in [-0.39, 0.29) is 0 Å². The molecule has 0 radical (unpaired) electrons. The van der Waals surface area contributed by atoms with Gasteiger partial charge in [0.05, 0.1) is 6.61 Å². The van der Waals surface area contributed by atoms with E-state index in [0.717, 1.165) is 38.6 Å². The van der Waals surface area contributed by atoms with Crippen LogP contribution < -0.4 is 10.2 Å². The third-order valence-corrected chi connectivity index (χ3v) is 4.38. The van der Waals surface area contributed by atoms with E-state index in [2.05, 4.69) is 46.1 Å². The van der Waals surface area contributed by atoms with Crippen molar-refractivity contribution in [2.45, 2.75) is 32.5 Å². The molecule has 2 unspecified atom stereocenters. The average molecular weight is 292 g/mol. The highest BCUT2D eigenvalue weighted by Crippen LogP contribution is 2.15. The molecule has 1 aromatic heterocycles. The molecule has 1 aliphatic rings. The van der Waals surface area contributed by atoms with Crippen LogP contribution in [0.5, 0.6) is 0 Å². The van der Waals surface area contributed by atoms with Crippen molar-refractivity contribution >= 4 is 5.82 Å². The molecule has 1 fully saturated rings. The summed E-state index contributed by atoms with van der Waals surface area (Å²) in [7, 11) is 3.76. The Kier molecular flexibility index (Phi) is 5.96. The summed E-state index contributed by atoms with van der Waals surface area (Å²) in [5.41, 5.74) is 1.28. The lowest BCUT2D eigenvalue weighted by atomic mass is 10.1. The molecule has 0 aliphatic carbocycles. The molecule has 0 saturated carbocycles. The Morgan fingerprint density at radius 3 is 2.90 bits per heavy atom. The van der Waals surface area contributed by atoms with Gasteiger partial charge in [0.2, 0.25) is 0 Å². The summed E-state index contributed by atoms with van der Waals surface area (Å²) in [6, 6.07) is 5.39. The maximum atomic E-state index is 5.10. The number of hydrogen-bond acceptors (Lipinski definition) is 5. The Balaban J connectivity index is 1.92. The fourth-order valence-corrected chi connectivity index (χ4v) is 2.66. The van der Waals surface area contributed by atoms with E-state index < -0.39 is 0 Å². The fourth-order valence-electron chi connectivity index (χ4n) is 2.66.